The molecular formula is C23H27N7O2. The van der Waals surface area contributed by atoms with Gasteiger partial charge in [-0.05, 0) is 24.6 Å². The average Bonchev–Trinajstić information content (AvgIpc) is 2.78. The van der Waals surface area contributed by atoms with E-state index in [0.29, 0.717) is 23.8 Å². The zero-order valence-electron chi connectivity index (χ0n) is 18.0. The second kappa shape index (κ2) is 9.71. The van der Waals surface area contributed by atoms with Gasteiger partial charge in [-0.1, -0.05) is 24.3 Å². The molecule has 2 aromatic heterocycles. The van der Waals surface area contributed by atoms with Gasteiger partial charge in [-0.25, -0.2) is 9.97 Å². The number of nitrogen functional groups attached to an aromatic ring is 1. The maximum absolute atomic E-state index is 13.0. The van der Waals surface area contributed by atoms with E-state index in [4.69, 9.17) is 16.2 Å². The van der Waals surface area contributed by atoms with Crippen molar-refractivity contribution in [2.45, 2.75) is 6.42 Å². The Balaban J connectivity index is 1.53. The molecule has 9 heteroatoms. The molecule has 1 saturated heterocycles. The predicted molar refractivity (Wildman–Crippen MR) is 124 cm³/mol. The summed E-state index contributed by atoms with van der Waals surface area (Å²) < 4.78 is 5.22. The van der Waals surface area contributed by atoms with E-state index in [1.807, 2.05) is 30.3 Å². The van der Waals surface area contributed by atoms with Crippen molar-refractivity contribution in [3.05, 3.63) is 60.2 Å². The summed E-state index contributed by atoms with van der Waals surface area (Å²) in [5.41, 5.74) is 15.7. The fourth-order valence-electron chi connectivity index (χ4n) is 3.76. The zero-order chi connectivity index (χ0) is 22.5. The van der Waals surface area contributed by atoms with Crippen LogP contribution in [0.1, 0.15) is 16.1 Å². The van der Waals surface area contributed by atoms with Gasteiger partial charge >= 0.3 is 0 Å². The van der Waals surface area contributed by atoms with Crippen LogP contribution in [-0.4, -0.2) is 54.2 Å². The number of ether oxygens (including phenoxy) is 1. The number of nitrogens with zero attached hydrogens (tertiary/aromatic N) is 4. The fourth-order valence-corrected chi connectivity index (χ4v) is 3.76. The smallest absolute Gasteiger partial charge is 0.278 e. The van der Waals surface area contributed by atoms with E-state index < -0.39 is 5.91 Å². The molecule has 0 spiro atoms. The molecular weight excluding hydrogens is 406 g/mol. The number of carbonyl (C=O) groups is 1. The van der Waals surface area contributed by atoms with E-state index in [2.05, 4.69) is 25.2 Å². The van der Waals surface area contributed by atoms with Crippen LogP contribution in [-0.2, 0) is 11.2 Å². The molecule has 4 rings (SSSR count). The van der Waals surface area contributed by atoms with Crippen LogP contribution < -0.4 is 21.7 Å². The summed E-state index contributed by atoms with van der Waals surface area (Å²) in [5.74, 6) is 0.117. The number of nitrogens with one attached hydrogen (secondary N) is 1. The third kappa shape index (κ3) is 4.68. The van der Waals surface area contributed by atoms with Gasteiger partial charge in [-0.3, -0.25) is 9.78 Å². The van der Waals surface area contributed by atoms with Crippen molar-refractivity contribution >= 4 is 23.1 Å². The minimum absolute atomic E-state index is 0.0700. The minimum Gasteiger partial charge on any atom is -0.384 e. The summed E-state index contributed by atoms with van der Waals surface area (Å²) in [6, 6.07) is 9.74. The van der Waals surface area contributed by atoms with E-state index in [9.17, 15) is 4.79 Å². The number of hydrogen-bond acceptors (Lipinski definition) is 8. The number of methoxy groups -OCH3 is 1. The molecule has 0 aliphatic carbocycles. The largest absolute Gasteiger partial charge is 0.384 e. The molecule has 3 heterocycles. The van der Waals surface area contributed by atoms with Crippen molar-refractivity contribution < 1.29 is 9.53 Å². The van der Waals surface area contributed by atoms with Gasteiger partial charge in [0, 0.05) is 37.9 Å². The molecule has 3 aromatic rings. The van der Waals surface area contributed by atoms with Gasteiger partial charge in [0.2, 0.25) is 0 Å². The molecule has 0 radical (unpaired) electrons. The number of hydrogen-bond donors (Lipinski definition) is 3. The molecule has 9 nitrogen and oxygen atoms in total. The van der Waals surface area contributed by atoms with Gasteiger partial charge in [0.25, 0.3) is 5.91 Å². The van der Waals surface area contributed by atoms with E-state index in [1.165, 1.54) is 0 Å². The summed E-state index contributed by atoms with van der Waals surface area (Å²) in [6.07, 6.45) is 5.70. The van der Waals surface area contributed by atoms with Crippen LogP contribution in [0.15, 0.2) is 48.9 Å². The molecule has 1 aliphatic heterocycles. The maximum atomic E-state index is 13.0. The van der Waals surface area contributed by atoms with Crippen molar-refractivity contribution in [1.29, 1.82) is 0 Å². The molecule has 0 bridgehead atoms. The first kappa shape index (κ1) is 21.7. The van der Waals surface area contributed by atoms with E-state index in [-0.39, 0.29) is 11.5 Å². The molecule has 1 amide bonds. The van der Waals surface area contributed by atoms with E-state index >= 15 is 0 Å². The number of anilines is 3. The Morgan fingerprint density at radius 3 is 2.72 bits per heavy atom. The lowest BCUT2D eigenvalue weighted by molar-refractivity contribution is 0.102. The Morgan fingerprint density at radius 1 is 1.22 bits per heavy atom. The SMILES string of the molecule is COCC1CN(c2ccncc2NC(=O)c2nc(-c3ccc(CCN)cc3)cnc2N)C1. The molecule has 5 N–H and O–H groups in total. The van der Waals surface area contributed by atoms with Crippen molar-refractivity contribution in [2.75, 3.05) is 49.3 Å². The lowest BCUT2D eigenvalue weighted by Crippen LogP contribution is -2.49. The number of carbonyl (C=O) groups excluding carboxylic acids is 1. The van der Waals surface area contributed by atoms with Crippen LogP contribution in [0.25, 0.3) is 11.3 Å². The fraction of sp³-hybridized carbons (Fsp3) is 0.304. The third-order valence-corrected chi connectivity index (χ3v) is 5.45. The van der Waals surface area contributed by atoms with Gasteiger partial charge in [0.15, 0.2) is 11.5 Å². The highest BCUT2D eigenvalue weighted by Crippen LogP contribution is 2.31. The van der Waals surface area contributed by atoms with Crippen molar-refractivity contribution in [3.63, 3.8) is 0 Å². The number of aromatic nitrogens is 3. The minimum atomic E-state index is -0.431. The Morgan fingerprint density at radius 2 is 2.00 bits per heavy atom. The molecule has 0 saturated carbocycles. The monoisotopic (exact) mass is 433 g/mol. The first-order valence-electron chi connectivity index (χ1n) is 10.5. The average molecular weight is 434 g/mol. The number of amides is 1. The maximum Gasteiger partial charge on any atom is 0.278 e. The van der Waals surface area contributed by atoms with Gasteiger partial charge in [0.1, 0.15) is 0 Å². The molecule has 0 atom stereocenters. The zero-order valence-corrected chi connectivity index (χ0v) is 18.0. The second-order valence-corrected chi connectivity index (χ2v) is 7.80. The van der Waals surface area contributed by atoms with E-state index in [1.54, 1.807) is 25.7 Å². The van der Waals surface area contributed by atoms with Gasteiger partial charge in [0.05, 0.1) is 36.1 Å². The highest BCUT2D eigenvalue weighted by molar-refractivity contribution is 6.07. The molecule has 1 aromatic carbocycles. The lowest BCUT2D eigenvalue weighted by Gasteiger charge is -2.41. The lowest BCUT2D eigenvalue weighted by atomic mass is 10.0. The van der Waals surface area contributed by atoms with Gasteiger partial charge in [-0.15, -0.1) is 0 Å². The van der Waals surface area contributed by atoms with Gasteiger partial charge in [-0.2, -0.15) is 0 Å². The topological polar surface area (TPSA) is 132 Å². The molecule has 0 unspecified atom stereocenters. The Labute approximate surface area is 186 Å². The Hall–Kier alpha value is -3.56. The number of benzene rings is 1. The first-order valence-corrected chi connectivity index (χ1v) is 10.5. The summed E-state index contributed by atoms with van der Waals surface area (Å²) in [6.45, 7) is 3.03. The Bertz CT molecular complexity index is 1080. The second-order valence-electron chi connectivity index (χ2n) is 7.80. The van der Waals surface area contributed by atoms with Crippen molar-refractivity contribution in [1.82, 2.24) is 15.0 Å². The molecule has 1 fully saturated rings. The van der Waals surface area contributed by atoms with E-state index in [0.717, 1.165) is 42.9 Å². The number of nitrogens with two attached hydrogens (primary N) is 2. The highest BCUT2D eigenvalue weighted by atomic mass is 16.5. The highest BCUT2D eigenvalue weighted by Gasteiger charge is 2.29. The van der Waals surface area contributed by atoms with Crippen LogP contribution in [0.4, 0.5) is 17.2 Å². The normalized spacial score (nSPS) is 13.6. The number of rotatable bonds is 8. The summed E-state index contributed by atoms with van der Waals surface area (Å²) in [5, 5.41) is 2.90. The van der Waals surface area contributed by atoms with Crippen molar-refractivity contribution in [3.8, 4) is 11.3 Å². The molecule has 1 aliphatic rings. The summed E-state index contributed by atoms with van der Waals surface area (Å²) >= 11 is 0. The summed E-state index contributed by atoms with van der Waals surface area (Å²) in [4.78, 5) is 28.0. The van der Waals surface area contributed by atoms with Crippen LogP contribution >= 0.6 is 0 Å². The predicted octanol–water partition coefficient (Wildman–Crippen LogP) is 1.96. The first-order chi connectivity index (χ1) is 15.6. The van der Waals surface area contributed by atoms with Crippen LogP contribution in [0, 0.1) is 5.92 Å². The standard InChI is InChI=1S/C23H27N7O2/c1-32-14-16-12-30(13-16)20-7-9-26-10-19(20)29-23(31)21-22(25)27-11-18(28-21)17-4-2-15(3-5-17)6-8-24/h2-5,7,9-11,16H,6,8,12-14,24H2,1H3,(H2,25,27)(H,29,31). The third-order valence-electron chi connectivity index (χ3n) is 5.45. The Kier molecular flexibility index (Phi) is 6.58. The van der Waals surface area contributed by atoms with Gasteiger partial charge < -0.3 is 26.4 Å². The quantitative estimate of drug-likeness (QED) is 0.491. The van der Waals surface area contributed by atoms with Crippen LogP contribution in [0.2, 0.25) is 0 Å². The molecule has 32 heavy (non-hydrogen) atoms. The van der Waals surface area contributed by atoms with Crippen LogP contribution in [0.3, 0.4) is 0 Å². The number of pyridine rings is 1. The van der Waals surface area contributed by atoms with Crippen molar-refractivity contribution in [2.24, 2.45) is 11.7 Å². The molecule has 166 valence electrons. The summed E-state index contributed by atoms with van der Waals surface area (Å²) in [7, 11) is 1.70. The van der Waals surface area contributed by atoms with Crippen LogP contribution in [0.5, 0.6) is 0 Å².